The molecule has 128 valence electrons. The van der Waals surface area contributed by atoms with Gasteiger partial charge in [-0.3, -0.25) is 15.6 Å². The van der Waals surface area contributed by atoms with Crippen LogP contribution in [0.5, 0.6) is 11.5 Å². The van der Waals surface area contributed by atoms with Gasteiger partial charge in [-0.15, -0.1) is 11.8 Å². The molecule has 0 radical (unpaired) electrons. The van der Waals surface area contributed by atoms with Gasteiger partial charge in [-0.1, -0.05) is 12.1 Å². The Balaban J connectivity index is 1.42. The minimum atomic E-state index is -0.757. The number of rotatable bonds is 3. The third-order valence-corrected chi connectivity index (χ3v) is 4.88. The van der Waals surface area contributed by atoms with Crippen LogP contribution in [-0.2, 0) is 4.79 Å². The van der Waals surface area contributed by atoms with Crippen LogP contribution < -0.4 is 20.3 Å². The van der Waals surface area contributed by atoms with Crippen LogP contribution in [0.4, 0.5) is 4.39 Å². The SMILES string of the molecule is O=C(NNC1=CCSc2ccc(F)cc21)C1COc2ccccc2O1. The van der Waals surface area contributed by atoms with E-state index in [1.54, 1.807) is 30.0 Å². The molecule has 25 heavy (non-hydrogen) atoms. The predicted octanol–water partition coefficient (Wildman–Crippen LogP) is 2.73. The van der Waals surface area contributed by atoms with Crippen molar-refractivity contribution in [3.8, 4) is 11.5 Å². The molecule has 0 bridgehead atoms. The number of thioether (sulfide) groups is 1. The Morgan fingerprint density at radius 1 is 1.20 bits per heavy atom. The first-order valence-corrected chi connectivity index (χ1v) is 8.76. The lowest BCUT2D eigenvalue weighted by molar-refractivity contribution is -0.131. The fourth-order valence-electron chi connectivity index (χ4n) is 2.64. The van der Waals surface area contributed by atoms with Gasteiger partial charge in [0.15, 0.2) is 11.5 Å². The zero-order valence-corrected chi connectivity index (χ0v) is 13.9. The summed E-state index contributed by atoms with van der Waals surface area (Å²) >= 11 is 1.62. The summed E-state index contributed by atoms with van der Waals surface area (Å²) in [7, 11) is 0. The van der Waals surface area contributed by atoms with E-state index < -0.39 is 6.10 Å². The van der Waals surface area contributed by atoms with E-state index in [2.05, 4.69) is 10.9 Å². The second kappa shape index (κ2) is 6.68. The van der Waals surface area contributed by atoms with Gasteiger partial charge < -0.3 is 9.47 Å². The summed E-state index contributed by atoms with van der Waals surface area (Å²) in [4.78, 5) is 13.3. The van der Waals surface area contributed by atoms with E-state index in [9.17, 15) is 9.18 Å². The molecule has 2 aliphatic heterocycles. The third-order valence-electron chi connectivity index (χ3n) is 3.88. The maximum absolute atomic E-state index is 13.5. The summed E-state index contributed by atoms with van der Waals surface area (Å²) in [6, 6.07) is 11.8. The number of halogens is 1. The highest BCUT2D eigenvalue weighted by molar-refractivity contribution is 7.99. The fourth-order valence-corrected chi connectivity index (χ4v) is 3.56. The molecule has 4 rings (SSSR count). The zero-order valence-electron chi connectivity index (χ0n) is 13.1. The van der Waals surface area contributed by atoms with Gasteiger partial charge >= 0.3 is 0 Å². The number of carbonyl (C=O) groups excluding carboxylic acids is 1. The molecule has 5 nitrogen and oxygen atoms in total. The van der Waals surface area contributed by atoms with E-state index in [-0.39, 0.29) is 18.3 Å². The van der Waals surface area contributed by atoms with Crippen molar-refractivity contribution in [2.75, 3.05) is 12.4 Å². The van der Waals surface area contributed by atoms with E-state index in [0.717, 1.165) is 16.2 Å². The largest absolute Gasteiger partial charge is 0.485 e. The molecule has 2 heterocycles. The average molecular weight is 358 g/mol. The molecule has 1 unspecified atom stereocenters. The van der Waals surface area contributed by atoms with Crippen molar-refractivity contribution in [3.05, 3.63) is 59.9 Å². The second-order valence-corrected chi connectivity index (χ2v) is 6.61. The van der Waals surface area contributed by atoms with Crippen molar-refractivity contribution in [2.45, 2.75) is 11.0 Å². The Labute approximate surface area is 148 Å². The van der Waals surface area contributed by atoms with Crippen molar-refractivity contribution < 1.29 is 18.7 Å². The molecule has 0 saturated carbocycles. The number of amides is 1. The van der Waals surface area contributed by atoms with Crippen molar-refractivity contribution in [3.63, 3.8) is 0 Å². The predicted molar refractivity (Wildman–Crippen MR) is 92.7 cm³/mol. The number of ether oxygens (including phenoxy) is 2. The minimum Gasteiger partial charge on any atom is -0.485 e. The van der Waals surface area contributed by atoms with E-state index in [1.165, 1.54) is 12.1 Å². The van der Waals surface area contributed by atoms with Crippen molar-refractivity contribution in [1.29, 1.82) is 0 Å². The number of nitrogens with one attached hydrogen (secondary N) is 2. The molecular weight excluding hydrogens is 343 g/mol. The third kappa shape index (κ3) is 3.28. The molecule has 0 aromatic heterocycles. The average Bonchev–Trinajstić information content (AvgIpc) is 2.65. The summed E-state index contributed by atoms with van der Waals surface area (Å²) in [5.74, 6) is 1.23. The summed E-state index contributed by atoms with van der Waals surface area (Å²) < 4.78 is 24.7. The van der Waals surface area contributed by atoms with Gasteiger partial charge in [0.25, 0.3) is 5.91 Å². The molecule has 2 N–H and O–H groups in total. The topological polar surface area (TPSA) is 59.6 Å². The monoisotopic (exact) mass is 358 g/mol. The van der Waals surface area contributed by atoms with Crippen molar-refractivity contribution in [1.82, 2.24) is 10.9 Å². The van der Waals surface area contributed by atoms with Gasteiger partial charge in [0.2, 0.25) is 6.10 Å². The van der Waals surface area contributed by atoms with Crippen LogP contribution >= 0.6 is 11.8 Å². The van der Waals surface area contributed by atoms with Crippen LogP contribution in [0.1, 0.15) is 5.56 Å². The fraction of sp³-hybridized carbons (Fsp3) is 0.167. The lowest BCUT2D eigenvalue weighted by atomic mass is 10.1. The number of hydrogen-bond acceptors (Lipinski definition) is 5. The Bertz CT molecular complexity index is 856. The van der Waals surface area contributed by atoms with Gasteiger partial charge in [-0.05, 0) is 36.4 Å². The Morgan fingerprint density at radius 2 is 2.04 bits per heavy atom. The van der Waals surface area contributed by atoms with E-state index in [0.29, 0.717) is 17.2 Å². The van der Waals surface area contributed by atoms with Gasteiger partial charge in [0.05, 0.1) is 5.70 Å². The molecule has 0 fully saturated rings. The minimum absolute atomic E-state index is 0.130. The number of fused-ring (bicyclic) bond motifs is 2. The summed E-state index contributed by atoms with van der Waals surface area (Å²) in [5, 5.41) is 0. The van der Waals surface area contributed by atoms with Crippen LogP contribution in [0.25, 0.3) is 5.70 Å². The molecule has 0 aliphatic carbocycles. The van der Waals surface area contributed by atoms with Crippen molar-refractivity contribution >= 4 is 23.4 Å². The highest BCUT2D eigenvalue weighted by Gasteiger charge is 2.27. The highest BCUT2D eigenvalue weighted by atomic mass is 32.2. The first kappa shape index (κ1) is 15.8. The number of hydrogen-bond donors (Lipinski definition) is 2. The van der Waals surface area contributed by atoms with Gasteiger partial charge in [-0.25, -0.2) is 4.39 Å². The smallest absolute Gasteiger partial charge is 0.282 e. The lowest BCUT2D eigenvalue weighted by Crippen LogP contribution is -2.48. The molecule has 2 aromatic rings. The molecule has 0 saturated heterocycles. The Morgan fingerprint density at radius 3 is 2.92 bits per heavy atom. The maximum atomic E-state index is 13.5. The summed E-state index contributed by atoms with van der Waals surface area (Å²) in [6.07, 6.45) is 1.15. The van der Waals surface area contributed by atoms with Crippen molar-refractivity contribution in [2.24, 2.45) is 0 Å². The highest BCUT2D eigenvalue weighted by Crippen LogP contribution is 2.33. The van der Waals surface area contributed by atoms with Crippen LogP contribution in [-0.4, -0.2) is 24.4 Å². The number of hydrazine groups is 1. The second-order valence-electron chi connectivity index (χ2n) is 5.55. The zero-order chi connectivity index (χ0) is 17.2. The van der Waals surface area contributed by atoms with Gasteiger partial charge in [0, 0.05) is 16.2 Å². The van der Waals surface area contributed by atoms with Crippen LogP contribution in [0.2, 0.25) is 0 Å². The Hall–Kier alpha value is -2.67. The first-order valence-electron chi connectivity index (χ1n) is 7.78. The lowest BCUT2D eigenvalue weighted by Gasteiger charge is -2.26. The van der Waals surface area contributed by atoms with Gasteiger partial charge in [-0.2, -0.15) is 0 Å². The Kier molecular flexibility index (Phi) is 4.23. The standard InChI is InChI=1S/C18H15FN2O3S/c19-11-5-6-17-12(9-11)13(7-8-25-17)20-21-18(22)16-10-23-14-3-1-2-4-15(14)24-16/h1-7,9,16,20H,8,10H2,(H,21,22). The molecule has 0 spiro atoms. The number of para-hydroxylation sites is 2. The summed E-state index contributed by atoms with van der Waals surface area (Å²) in [5.41, 5.74) is 6.88. The summed E-state index contributed by atoms with van der Waals surface area (Å²) in [6.45, 7) is 0.130. The normalized spacial score (nSPS) is 18.0. The van der Waals surface area contributed by atoms with Crippen LogP contribution in [0.3, 0.4) is 0 Å². The molecule has 7 heteroatoms. The molecule has 1 amide bonds. The molecule has 1 atom stereocenters. The van der Waals surface area contributed by atoms with E-state index in [1.807, 2.05) is 18.2 Å². The first-order chi connectivity index (χ1) is 12.2. The number of benzene rings is 2. The quantitative estimate of drug-likeness (QED) is 0.827. The van der Waals surface area contributed by atoms with E-state index >= 15 is 0 Å². The van der Waals surface area contributed by atoms with Gasteiger partial charge in [0.1, 0.15) is 12.4 Å². The number of carbonyl (C=O) groups is 1. The van der Waals surface area contributed by atoms with Crippen LogP contribution in [0, 0.1) is 5.82 Å². The van der Waals surface area contributed by atoms with Crippen LogP contribution in [0.15, 0.2) is 53.4 Å². The van der Waals surface area contributed by atoms with E-state index in [4.69, 9.17) is 9.47 Å². The molecule has 2 aliphatic rings. The maximum Gasteiger partial charge on any atom is 0.282 e. The molecule has 2 aromatic carbocycles. The molecular formula is C18H15FN2O3S.